The van der Waals surface area contributed by atoms with Gasteiger partial charge < -0.3 is 15.2 Å². The minimum absolute atomic E-state index is 0.0618. The molecule has 1 aliphatic rings. The normalized spacial score (nSPS) is 17.4. The Morgan fingerprint density at radius 1 is 1.35 bits per heavy atom. The van der Waals surface area contributed by atoms with Gasteiger partial charge in [0.2, 0.25) is 5.91 Å². The third-order valence-electron chi connectivity index (χ3n) is 4.04. The van der Waals surface area contributed by atoms with Crippen LogP contribution in [0.4, 0.5) is 4.79 Å². The molecule has 0 unspecified atom stereocenters. The average molecular weight is 425 g/mol. The molecule has 2 rings (SSSR count). The van der Waals surface area contributed by atoms with E-state index in [0.717, 1.165) is 5.56 Å². The molecule has 1 saturated heterocycles. The highest BCUT2D eigenvalue weighted by Gasteiger charge is 2.36. The Labute approximate surface area is 160 Å². The van der Waals surface area contributed by atoms with Crippen LogP contribution in [0.25, 0.3) is 0 Å². The van der Waals surface area contributed by atoms with Crippen molar-refractivity contribution in [3.05, 3.63) is 47.0 Å². The van der Waals surface area contributed by atoms with E-state index < -0.39 is 30.1 Å². The maximum Gasteiger partial charge on any atom is 0.410 e. The summed E-state index contributed by atoms with van der Waals surface area (Å²) < 4.78 is 5.75. The molecule has 2 N–H and O–H groups in total. The van der Waals surface area contributed by atoms with Gasteiger partial charge in [0.1, 0.15) is 18.7 Å². The summed E-state index contributed by atoms with van der Waals surface area (Å²) in [5, 5.41) is 11.7. The molecule has 1 heterocycles. The highest BCUT2D eigenvalue weighted by Crippen LogP contribution is 2.20. The maximum absolute atomic E-state index is 12.5. The Balaban J connectivity index is 1.95. The molecule has 0 saturated carbocycles. The lowest BCUT2D eigenvalue weighted by Crippen LogP contribution is -2.50. The van der Waals surface area contributed by atoms with Gasteiger partial charge in [-0.1, -0.05) is 52.8 Å². The minimum Gasteiger partial charge on any atom is -0.480 e. The Hall–Kier alpha value is -2.35. The first-order valence-electron chi connectivity index (χ1n) is 8.22. The van der Waals surface area contributed by atoms with Crippen LogP contribution in [0.3, 0.4) is 0 Å². The van der Waals surface area contributed by atoms with Gasteiger partial charge in [-0.2, -0.15) is 0 Å². The molecular formula is C18H21BrN2O5. The number of carboxylic acid groups (broad SMARTS) is 1. The number of carbonyl (C=O) groups excluding carboxylic acids is 2. The van der Waals surface area contributed by atoms with Gasteiger partial charge in [0.25, 0.3) is 0 Å². The second-order valence-electron chi connectivity index (χ2n) is 6.01. The van der Waals surface area contributed by atoms with Crippen LogP contribution < -0.4 is 5.32 Å². The summed E-state index contributed by atoms with van der Waals surface area (Å²) in [6.45, 7) is 4.11. The summed E-state index contributed by atoms with van der Waals surface area (Å²) in [6, 6.07) is 7.41. The van der Waals surface area contributed by atoms with Crippen molar-refractivity contribution in [2.75, 3.05) is 6.54 Å². The van der Waals surface area contributed by atoms with Gasteiger partial charge >= 0.3 is 12.1 Å². The van der Waals surface area contributed by atoms with E-state index in [2.05, 4.69) is 27.8 Å². The number of benzene rings is 1. The van der Waals surface area contributed by atoms with Gasteiger partial charge in [-0.15, -0.1) is 0 Å². The molecule has 2 amide bonds. The molecule has 1 aliphatic heterocycles. The summed E-state index contributed by atoms with van der Waals surface area (Å²) in [7, 11) is 0. The molecule has 7 nitrogen and oxygen atoms in total. The van der Waals surface area contributed by atoms with Crippen molar-refractivity contribution in [1.29, 1.82) is 0 Å². The minimum atomic E-state index is -1.16. The van der Waals surface area contributed by atoms with Crippen LogP contribution in [0.2, 0.25) is 0 Å². The zero-order chi connectivity index (χ0) is 19.1. The number of hydrogen-bond donors (Lipinski definition) is 2. The molecule has 8 heteroatoms. The van der Waals surface area contributed by atoms with E-state index in [-0.39, 0.29) is 13.0 Å². The van der Waals surface area contributed by atoms with E-state index in [1.807, 2.05) is 30.3 Å². The average Bonchev–Trinajstić information content (AvgIpc) is 3.09. The van der Waals surface area contributed by atoms with Gasteiger partial charge in [0.05, 0.1) is 0 Å². The van der Waals surface area contributed by atoms with Crippen LogP contribution in [0, 0.1) is 0 Å². The van der Waals surface area contributed by atoms with Crippen molar-refractivity contribution in [1.82, 2.24) is 10.2 Å². The first-order chi connectivity index (χ1) is 12.4. The summed E-state index contributed by atoms with van der Waals surface area (Å²) >= 11 is 3.10. The Kier molecular flexibility index (Phi) is 7.20. The summed E-state index contributed by atoms with van der Waals surface area (Å²) in [6.07, 6.45) is 0.602. The fourth-order valence-corrected chi connectivity index (χ4v) is 3.07. The lowest BCUT2D eigenvalue weighted by atomic mass is 10.1. The number of likely N-dealkylation sites (tertiary alicyclic amines) is 1. The van der Waals surface area contributed by atoms with Gasteiger partial charge in [0.15, 0.2) is 0 Å². The third kappa shape index (κ3) is 5.59. The van der Waals surface area contributed by atoms with Crippen LogP contribution in [0.5, 0.6) is 0 Å². The standard InChI is InChI=1S/C18H21BrN2O5/c1-12(19)10-14(17(23)24)20-16(22)15-8-5-9-21(15)18(25)26-11-13-6-3-2-4-7-13/h2-4,6-7,14-15H,1,5,8-11H2,(H,20,22)(H,23,24)/t14-,15-/m1/s1. The van der Waals surface area contributed by atoms with E-state index in [1.54, 1.807) is 0 Å². The number of carboxylic acids is 1. The summed E-state index contributed by atoms with van der Waals surface area (Å²) in [4.78, 5) is 37.4. The van der Waals surface area contributed by atoms with Crippen LogP contribution in [0.15, 0.2) is 41.4 Å². The van der Waals surface area contributed by atoms with Gasteiger partial charge in [-0.3, -0.25) is 9.69 Å². The molecule has 0 radical (unpaired) electrons. The lowest BCUT2D eigenvalue weighted by molar-refractivity contribution is -0.142. The van der Waals surface area contributed by atoms with E-state index in [1.165, 1.54) is 4.90 Å². The molecule has 26 heavy (non-hydrogen) atoms. The van der Waals surface area contributed by atoms with Crippen molar-refractivity contribution in [3.8, 4) is 0 Å². The van der Waals surface area contributed by atoms with Crippen molar-refractivity contribution in [3.63, 3.8) is 0 Å². The number of nitrogens with one attached hydrogen (secondary N) is 1. The molecule has 140 valence electrons. The number of carbonyl (C=O) groups is 3. The highest BCUT2D eigenvalue weighted by molar-refractivity contribution is 9.11. The van der Waals surface area contributed by atoms with E-state index in [9.17, 15) is 19.5 Å². The molecule has 1 aromatic carbocycles. The first kappa shape index (κ1) is 20.0. The number of rotatable bonds is 7. The number of ether oxygens (including phenoxy) is 1. The second-order valence-corrected chi connectivity index (χ2v) is 7.13. The smallest absolute Gasteiger partial charge is 0.410 e. The van der Waals surface area contributed by atoms with Gasteiger partial charge in [0, 0.05) is 13.0 Å². The SMILES string of the molecule is C=C(Br)C[C@@H](NC(=O)[C@H]1CCCN1C(=O)OCc1ccccc1)C(=O)O. The molecule has 1 aromatic rings. The second kappa shape index (κ2) is 9.38. The molecule has 0 spiro atoms. The Morgan fingerprint density at radius 3 is 2.65 bits per heavy atom. The van der Waals surface area contributed by atoms with Crippen LogP contribution in [-0.4, -0.2) is 46.6 Å². The summed E-state index contributed by atoms with van der Waals surface area (Å²) in [5.41, 5.74) is 0.850. The number of amides is 2. The third-order valence-corrected chi connectivity index (χ3v) is 4.36. The van der Waals surface area contributed by atoms with Crippen molar-refractivity contribution < 1.29 is 24.2 Å². The zero-order valence-corrected chi connectivity index (χ0v) is 15.8. The fourth-order valence-electron chi connectivity index (χ4n) is 2.75. The van der Waals surface area contributed by atoms with Crippen LogP contribution >= 0.6 is 15.9 Å². The molecule has 0 bridgehead atoms. The number of aliphatic carboxylic acids is 1. The van der Waals surface area contributed by atoms with Gasteiger partial charge in [-0.05, 0) is 22.9 Å². The predicted octanol–water partition coefficient (Wildman–Crippen LogP) is 2.66. The van der Waals surface area contributed by atoms with Crippen LogP contribution in [0.1, 0.15) is 24.8 Å². The molecule has 1 fully saturated rings. The quantitative estimate of drug-likeness (QED) is 0.701. The van der Waals surface area contributed by atoms with Crippen molar-refractivity contribution in [2.45, 2.75) is 38.0 Å². The predicted molar refractivity (Wildman–Crippen MR) is 98.6 cm³/mol. The van der Waals surface area contributed by atoms with E-state index in [0.29, 0.717) is 23.9 Å². The molecule has 2 atom stereocenters. The van der Waals surface area contributed by atoms with Gasteiger partial charge in [-0.25, -0.2) is 9.59 Å². The highest BCUT2D eigenvalue weighted by atomic mass is 79.9. The topological polar surface area (TPSA) is 95.9 Å². The van der Waals surface area contributed by atoms with Crippen molar-refractivity contribution >= 4 is 33.9 Å². The van der Waals surface area contributed by atoms with Crippen molar-refractivity contribution in [2.24, 2.45) is 0 Å². The van der Waals surface area contributed by atoms with Crippen LogP contribution in [-0.2, 0) is 20.9 Å². The Bertz CT molecular complexity index is 679. The number of halogens is 1. The number of nitrogens with zero attached hydrogens (tertiary/aromatic N) is 1. The van der Waals surface area contributed by atoms with E-state index >= 15 is 0 Å². The molecule has 0 aliphatic carbocycles. The maximum atomic E-state index is 12.5. The molecular weight excluding hydrogens is 404 g/mol. The lowest BCUT2D eigenvalue weighted by Gasteiger charge is -2.25. The van der Waals surface area contributed by atoms with E-state index in [4.69, 9.17) is 4.74 Å². The number of hydrogen-bond acceptors (Lipinski definition) is 4. The monoisotopic (exact) mass is 424 g/mol. The molecule has 0 aromatic heterocycles. The largest absolute Gasteiger partial charge is 0.480 e. The zero-order valence-electron chi connectivity index (χ0n) is 14.2. The summed E-state index contributed by atoms with van der Waals surface area (Å²) in [5.74, 6) is -1.66. The fraction of sp³-hybridized carbons (Fsp3) is 0.389. The Morgan fingerprint density at radius 2 is 2.04 bits per heavy atom. The first-order valence-corrected chi connectivity index (χ1v) is 9.01.